The number of hydrogen-bond donors (Lipinski definition) is 0. The van der Waals surface area contributed by atoms with Gasteiger partial charge in [-0.2, -0.15) is 11.8 Å². The Morgan fingerprint density at radius 3 is 2.37 bits per heavy atom. The molecule has 0 saturated heterocycles. The van der Waals surface area contributed by atoms with Gasteiger partial charge in [0, 0.05) is 0 Å². The molecule has 140 valence electrons. The third-order valence-corrected chi connectivity index (χ3v) is 4.92. The topological polar surface area (TPSA) is 63.7 Å². The molecule has 1 heterocycles. The summed E-state index contributed by atoms with van der Waals surface area (Å²) in [5, 5.41) is 0. The molecule has 2 amide bonds. The fourth-order valence-corrected chi connectivity index (χ4v) is 3.41. The van der Waals surface area contributed by atoms with Gasteiger partial charge in [-0.25, -0.2) is 9.18 Å². The van der Waals surface area contributed by atoms with Crippen molar-refractivity contribution in [3.05, 3.63) is 71.0 Å². The molecule has 0 aliphatic carbocycles. The quantitative estimate of drug-likeness (QED) is 0.539. The maximum atomic E-state index is 13.3. The number of nitrogens with zero attached hydrogens (tertiary/aromatic N) is 1. The number of fused-ring (bicyclic) bond motifs is 1. The molecule has 0 bridgehead atoms. The molecule has 27 heavy (non-hydrogen) atoms. The summed E-state index contributed by atoms with van der Waals surface area (Å²) in [7, 11) is 0. The van der Waals surface area contributed by atoms with Crippen molar-refractivity contribution in [2.45, 2.75) is 19.1 Å². The zero-order valence-electron chi connectivity index (χ0n) is 14.7. The third kappa shape index (κ3) is 4.03. The Kier molecular flexibility index (Phi) is 5.91. The van der Waals surface area contributed by atoms with Gasteiger partial charge in [0.05, 0.1) is 11.1 Å². The summed E-state index contributed by atoms with van der Waals surface area (Å²) >= 11 is 1.50. The minimum absolute atomic E-state index is 0.129. The van der Waals surface area contributed by atoms with Gasteiger partial charge in [-0.15, -0.1) is 0 Å². The number of thioether (sulfide) groups is 1. The van der Waals surface area contributed by atoms with Crippen molar-refractivity contribution < 1.29 is 23.5 Å². The van der Waals surface area contributed by atoms with Crippen molar-refractivity contribution in [1.82, 2.24) is 4.90 Å². The van der Waals surface area contributed by atoms with Crippen LogP contribution < -0.4 is 0 Å². The monoisotopic (exact) mass is 387 g/mol. The van der Waals surface area contributed by atoms with Gasteiger partial charge in [0.2, 0.25) is 0 Å². The van der Waals surface area contributed by atoms with Crippen molar-refractivity contribution in [2.75, 3.05) is 12.0 Å². The minimum atomic E-state index is -1.02. The van der Waals surface area contributed by atoms with Crippen LogP contribution in [0, 0.1) is 5.82 Å². The maximum Gasteiger partial charge on any atom is 0.329 e. The van der Waals surface area contributed by atoms with E-state index in [4.69, 9.17) is 4.74 Å². The summed E-state index contributed by atoms with van der Waals surface area (Å²) < 4.78 is 18.6. The Balaban J connectivity index is 1.78. The molecule has 0 aromatic heterocycles. The zero-order valence-corrected chi connectivity index (χ0v) is 15.5. The molecular weight excluding hydrogens is 369 g/mol. The number of amides is 2. The van der Waals surface area contributed by atoms with Crippen molar-refractivity contribution in [3.63, 3.8) is 0 Å². The summed E-state index contributed by atoms with van der Waals surface area (Å²) in [6.45, 7) is -0.129. The van der Waals surface area contributed by atoms with E-state index in [1.807, 2.05) is 6.26 Å². The molecule has 1 aliphatic rings. The van der Waals surface area contributed by atoms with Crippen molar-refractivity contribution in [2.24, 2.45) is 0 Å². The van der Waals surface area contributed by atoms with Crippen LogP contribution >= 0.6 is 11.8 Å². The van der Waals surface area contributed by atoms with Crippen molar-refractivity contribution in [1.29, 1.82) is 0 Å². The third-order valence-electron chi connectivity index (χ3n) is 4.27. The van der Waals surface area contributed by atoms with Gasteiger partial charge in [0.25, 0.3) is 11.8 Å². The lowest BCUT2D eigenvalue weighted by atomic mass is 10.1. The fourth-order valence-electron chi connectivity index (χ4n) is 2.95. The van der Waals surface area contributed by atoms with E-state index in [9.17, 15) is 18.8 Å². The van der Waals surface area contributed by atoms with E-state index in [0.717, 1.165) is 4.90 Å². The van der Waals surface area contributed by atoms with E-state index >= 15 is 0 Å². The first-order chi connectivity index (χ1) is 13.0. The molecule has 0 spiro atoms. The highest BCUT2D eigenvalue weighted by atomic mass is 32.2. The highest BCUT2D eigenvalue weighted by Crippen LogP contribution is 2.26. The number of halogens is 1. The van der Waals surface area contributed by atoms with Crippen LogP contribution in [0.2, 0.25) is 0 Å². The molecule has 5 nitrogen and oxygen atoms in total. The minimum Gasteiger partial charge on any atom is -0.459 e. The second-order valence-corrected chi connectivity index (χ2v) is 7.05. The van der Waals surface area contributed by atoms with E-state index in [-0.39, 0.29) is 24.2 Å². The lowest BCUT2D eigenvalue weighted by Gasteiger charge is -2.24. The van der Waals surface area contributed by atoms with Crippen LogP contribution in [-0.4, -0.2) is 40.7 Å². The molecule has 3 rings (SSSR count). The van der Waals surface area contributed by atoms with Crippen LogP contribution in [0.15, 0.2) is 48.5 Å². The predicted molar refractivity (Wildman–Crippen MR) is 99.9 cm³/mol. The van der Waals surface area contributed by atoms with E-state index < -0.39 is 29.6 Å². The summed E-state index contributed by atoms with van der Waals surface area (Å²) in [5.74, 6) is -1.52. The van der Waals surface area contributed by atoms with Crippen LogP contribution in [0.5, 0.6) is 0 Å². The normalized spacial score (nSPS) is 14.2. The first-order valence-corrected chi connectivity index (χ1v) is 9.79. The highest BCUT2D eigenvalue weighted by Gasteiger charge is 2.43. The lowest BCUT2D eigenvalue weighted by molar-refractivity contribution is -0.149. The molecule has 0 fully saturated rings. The Morgan fingerprint density at radius 1 is 1.11 bits per heavy atom. The second kappa shape index (κ2) is 8.35. The van der Waals surface area contributed by atoms with Crippen LogP contribution in [0.25, 0.3) is 0 Å². The van der Waals surface area contributed by atoms with Gasteiger partial charge < -0.3 is 4.74 Å². The van der Waals surface area contributed by atoms with Gasteiger partial charge in [0.1, 0.15) is 18.5 Å². The molecule has 0 radical (unpaired) electrons. The van der Waals surface area contributed by atoms with Crippen LogP contribution in [-0.2, 0) is 16.1 Å². The molecule has 0 saturated carbocycles. The molecule has 2 aromatic rings. The average molecular weight is 387 g/mol. The highest BCUT2D eigenvalue weighted by molar-refractivity contribution is 7.98. The van der Waals surface area contributed by atoms with E-state index in [1.54, 1.807) is 30.3 Å². The number of ether oxygens (including phenoxy) is 1. The first-order valence-electron chi connectivity index (χ1n) is 8.40. The van der Waals surface area contributed by atoms with Gasteiger partial charge in [-0.1, -0.05) is 24.3 Å². The SMILES string of the molecule is CSCCC(C(=O)OCc1cccc(F)c1)N1C(=O)c2ccccc2C1=O. The van der Waals surface area contributed by atoms with Crippen molar-refractivity contribution >= 4 is 29.5 Å². The zero-order chi connectivity index (χ0) is 19.4. The van der Waals surface area contributed by atoms with Gasteiger partial charge >= 0.3 is 5.97 Å². The molecular formula is C20H18FNO4S. The second-order valence-electron chi connectivity index (χ2n) is 6.06. The number of carbonyl (C=O) groups is 3. The standard InChI is InChI=1S/C20H18FNO4S/c1-27-10-9-17(20(25)26-12-13-5-4-6-14(21)11-13)22-18(23)15-7-2-3-8-16(15)19(22)24/h2-8,11,17H,9-10,12H2,1H3. The smallest absolute Gasteiger partial charge is 0.329 e. The fraction of sp³-hybridized carbons (Fsp3) is 0.250. The summed E-state index contributed by atoms with van der Waals surface area (Å²) in [6, 6.07) is 11.2. The number of carbonyl (C=O) groups excluding carboxylic acids is 3. The van der Waals surface area contributed by atoms with Gasteiger partial charge in [-0.05, 0) is 48.3 Å². The van der Waals surface area contributed by atoms with E-state index in [2.05, 4.69) is 0 Å². The van der Waals surface area contributed by atoms with Crippen LogP contribution in [0.1, 0.15) is 32.7 Å². The van der Waals surface area contributed by atoms with Gasteiger partial charge in [0.15, 0.2) is 0 Å². The Morgan fingerprint density at radius 2 is 1.78 bits per heavy atom. The van der Waals surface area contributed by atoms with E-state index in [0.29, 0.717) is 11.3 Å². The molecule has 1 unspecified atom stereocenters. The number of rotatable bonds is 7. The Labute approximate surface area is 160 Å². The number of esters is 1. The predicted octanol–water partition coefficient (Wildman–Crippen LogP) is 3.29. The van der Waals surface area contributed by atoms with Crippen LogP contribution in [0.3, 0.4) is 0 Å². The Hall–Kier alpha value is -2.67. The molecule has 1 aliphatic heterocycles. The average Bonchev–Trinajstić information content (AvgIpc) is 2.92. The van der Waals surface area contributed by atoms with Gasteiger partial charge in [-0.3, -0.25) is 14.5 Å². The number of imide groups is 1. The summed E-state index contributed by atoms with van der Waals surface area (Å²) in [4.78, 5) is 39.0. The largest absolute Gasteiger partial charge is 0.459 e. The molecule has 7 heteroatoms. The first kappa shape index (κ1) is 19.1. The maximum absolute atomic E-state index is 13.3. The van der Waals surface area contributed by atoms with Crippen molar-refractivity contribution in [3.8, 4) is 0 Å². The number of hydrogen-bond acceptors (Lipinski definition) is 5. The summed E-state index contributed by atoms with van der Waals surface area (Å²) in [6.07, 6.45) is 2.16. The number of benzene rings is 2. The molecule has 1 atom stereocenters. The van der Waals surface area contributed by atoms with Crippen LogP contribution in [0.4, 0.5) is 4.39 Å². The summed E-state index contributed by atoms with van der Waals surface area (Å²) in [5.41, 5.74) is 1.07. The molecule has 2 aromatic carbocycles. The Bertz CT molecular complexity index is 851. The van der Waals surface area contributed by atoms with E-state index in [1.165, 1.54) is 30.0 Å². The lowest BCUT2D eigenvalue weighted by Crippen LogP contribution is -2.46. The molecule has 0 N–H and O–H groups in total.